The second kappa shape index (κ2) is 12.1. The van der Waals surface area contributed by atoms with Crippen molar-refractivity contribution in [3.63, 3.8) is 0 Å². The first-order valence-electron chi connectivity index (χ1n) is 12.8. The smallest absolute Gasteiger partial charge is 0.274 e. The fourth-order valence-corrected chi connectivity index (χ4v) is 4.61. The highest BCUT2D eigenvalue weighted by atomic mass is 19.3. The highest BCUT2D eigenvalue weighted by molar-refractivity contribution is 6.04. The summed E-state index contributed by atoms with van der Waals surface area (Å²) in [6.07, 6.45) is 8.34. The summed E-state index contributed by atoms with van der Waals surface area (Å²) in [5.74, 6) is -3.69. The highest BCUT2D eigenvalue weighted by Crippen LogP contribution is 2.49. The van der Waals surface area contributed by atoms with Gasteiger partial charge in [0.2, 0.25) is 0 Å². The third-order valence-corrected chi connectivity index (χ3v) is 6.68. The second-order valence-electron chi connectivity index (χ2n) is 9.53. The number of hydrogen-bond acceptors (Lipinski definition) is 4. The summed E-state index contributed by atoms with van der Waals surface area (Å²) in [6, 6.07) is 11.1. The Morgan fingerprint density at radius 3 is 2.41 bits per heavy atom. The van der Waals surface area contributed by atoms with Crippen LogP contribution < -0.4 is 5.32 Å². The van der Waals surface area contributed by atoms with Crippen LogP contribution in [0.1, 0.15) is 86.8 Å². The van der Waals surface area contributed by atoms with Crippen LogP contribution in [0.15, 0.2) is 42.7 Å². The maximum Gasteiger partial charge on any atom is 0.274 e. The predicted octanol–water partition coefficient (Wildman–Crippen LogP) is 7.00. The molecule has 1 N–H and O–H groups in total. The quantitative estimate of drug-likeness (QED) is 0.337. The van der Waals surface area contributed by atoms with Crippen LogP contribution in [-0.4, -0.2) is 27.2 Å². The van der Waals surface area contributed by atoms with Gasteiger partial charge in [-0.15, -0.1) is 0 Å². The molecule has 6 nitrogen and oxygen atoms in total. The average molecular weight is 509 g/mol. The number of ketones is 1. The minimum atomic E-state index is -2.66. The van der Waals surface area contributed by atoms with Gasteiger partial charge in [0.1, 0.15) is 11.5 Å². The Bertz CT molecular complexity index is 1300. The molecule has 1 aliphatic carbocycles. The normalized spacial score (nSPS) is 15.6. The molecule has 2 heterocycles. The number of alkyl halides is 2. The molecule has 1 amide bonds. The lowest BCUT2D eigenvalue weighted by atomic mass is 9.90. The fraction of sp³-hybridized carbons (Fsp3) is 0.448. The molecule has 1 atom stereocenters. The number of fused-ring (bicyclic) bond motifs is 1. The van der Waals surface area contributed by atoms with Gasteiger partial charge < -0.3 is 9.88 Å². The molecule has 1 fully saturated rings. The molecule has 0 aliphatic heterocycles. The molecule has 0 spiro atoms. The summed E-state index contributed by atoms with van der Waals surface area (Å²) in [6.45, 7) is 6.06. The first-order valence-corrected chi connectivity index (χ1v) is 12.8. The van der Waals surface area contributed by atoms with E-state index < -0.39 is 11.8 Å². The lowest BCUT2D eigenvalue weighted by Crippen LogP contribution is -2.13. The molecule has 0 saturated heterocycles. The summed E-state index contributed by atoms with van der Waals surface area (Å²) < 4.78 is 26.2. The topological polar surface area (TPSA) is 87.8 Å². The van der Waals surface area contributed by atoms with E-state index in [1.807, 2.05) is 18.2 Å². The fourth-order valence-electron chi connectivity index (χ4n) is 4.61. The van der Waals surface area contributed by atoms with Gasteiger partial charge in [0.25, 0.3) is 11.8 Å². The number of carbonyl (C=O) groups excluding carboxylic acids is 2. The monoisotopic (exact) mass is 508 g/mol. The van der Waals surface area contributed by atoms with Gasteiger partial charge >= 0.3 is 0 Å². The Labute approximate surface area is 216 Å². The van der Waals surface area contributed by atoms with Crippen LogP contribution >= 0.6 is 0 Å². The summed E-state index contributed by atoms with van der Waals surface area (Å²) in [5, 5.41) is 13.1. The van der Waals surface area contributed by atoms with Crippen molar-refractivity contribution in [2.24, 2.45) is 13.0 Å². The molecule has 0 bridgehead atoms. The van der Waals surface area contributed by atoms with Crippen molar-refractivity contribution in [3.05, 3.63) is 59.5 Å². The number of nitriles is 1. The van der Waals surface area contributed by atoms with Crippen LogP contribution in [0.3, 0.4) is 0 Å². The van der Waals surface area contributed by atoms with E-state index >= 15 is 0 Å². The first-order chi connectivity index (χ1) is 17.6. The maximum absolute atomic E-state index is 12.6. The third kappa shape index (κ3) is 6.79. The number of amides is 1. The van der Waals surface area contributed by atoms with Crippen LogP contribution in [-0.2, 0) is 11.8 Å². The van der Waals surface area contributed by atoms with E-state index in [0.29, 0.717) is 11.5 Å². The van der Waals surface area contributed by atoms with E-state index in [0.717, 1.165) is 36.9 Å². The van der Waals surface area contributed by atoms with E-state index in [1.54, 1.807) is 13.0 Å². The minimum Gasteiger partial charge on any atom is -0.350 e. The predicted molar refractivity (Wildman–Crippen MR) is 141 cm³/mol. The first kappa shape index (κ1) is 28.0. The van der Waals surface area contributed by atoms with Crippen LogP contribution in [0.4, 0.5) is 14.5 Å². The van der Waals surface area contributed by atoms with Crippen molar-refractivity contribution in [1.29, 1.82) is 5.26 Å². The molecule has 0 radical (unpaired) electrons. The minimum absolute atomic E-state index is 0.223. The van der Waals surface area contributed by atoms with Crippen LogP contribution in [0.5, 0.6) is 0 Å². The van der Waals surface area contributed by atoms with Crippen LogP contribution in [0.25, 0.3) is 10.9 Å². The van der Waals surface area contributed by atoms with Crippen molar-refractivity contribution >= 4 is 28.3 Å². The number of hydrogen-bond donors (Lipinski definition) is 1. The number of rotatable bonds is 9. The lowest BCUT2D eigenvalue weighted by molar-refractivity contribution is -0.122. The number of nitrogens with one attached hydrogen (secondary N) is 1. The van der Waals surface area contributed by atoms with Gasteiger partial charge in [0.15, 0.2) is 0 Å². The third-order valence-electron chi connectivity index (χ3n) is 6.68. The number of Topliss-reactive ketones (excluding diaryl/α,β-unsaturated/α-hetero) is 1. The van der Waals surface area contributed by atoms with Gasteiger partial charge in [-0.05, 0) is 54.7 Å². The van der Waals surface area contributed by atoms with E-state index in [9.17, 15) is 18.4 Å². The van der Waals surface area contributed by atoms with E-state index in [4.69, 9.17) is 5.26 Å². The SMILES string of the molecule is CCC(=O)C1CC1(F)F.CCCC(CCC)c1cn(C)c2ccc(NC(=O)c3cc(C#N)ccn3)cc12. The zero-order valence-electron chi connectivity index (χ0n) is 21.9. The summed E-state index contributed by atoms with van der Waals surface area (Å²) >= 11 is 0. The number of anilines is 1. The molecule has 37 heavy (non-hydrogen) atoms. The van der Waals surface area contributed by atoms with Crippen molar-refractivity contribution in [2.75, 3.05) is 5.32 Å². The van der Waals surface area contributed by atoms with Gasteiger partial charge in [0.05, 0.1) is 17.6 Å². The van der Waals surface area contributed by atoms with Crippen molar-refractivity contribution in [1.82, 2.24) is 9.55 Å². The molecule has 196 valence electrons. The van der Waals surface area contributed by atoms with Crippen LogP contribution in [0, 0.1) is 17.2 Å². The summed E-state index contributed by atoms with van der Waals surface area (Å²) in [4.78, 5) is 27.1. The van der Waals surface area contributed by atoms with Gasteiger partial charge in [-0.3, -0.25) is 14.6 Å². The maximum atomic E-state index is 12.6. The molecule has 1 saturated carbocycles. The molecule has 1 aliphatic rings. The van der Waals surface area contributed by atoms with Gasteiger partial charge in [-0.25, -0.2) is 8.78 Å². The average Bonchev–Trinajstić information content (AvgIpc) is 3.42. The molecule has 4 rings (SSSR count). The van der Waals surface area contributed by atoms with E-state index in [-0.39, 0.29) is 30.2 Å². The number of carbonyl (C=O) groups is 2. The van der Waals surface area contributed by atoms with Crippen LogP contribution in [0.2, 0.25) is 0 Å². The number of aromatic nitrogens is 2. The van der Waals surface area contributed by atoms with E-state index in [1.165, 1.54) is 23.2 Å². The Kier molecular flexibility index (Phi) is 9.14. The number of benzene rings is 1. The standard InChI is InChI=1S/C23H26N4O.C6H8F2O/c1-4-6-17(7-5-2)20-15-27(3)22-9-8-18(13-19(20)22)26-23(28)21-12-16(14-24)10-11-25-21;1-2-5(9)4-3-6(4,7)8/h8-13,15,17H,4-7H2,1-3H3,(H,26,28);4H,2-3H2,1H3. The zero-order valence-corrected chi connectivity index (χ0v) is 21.9. The summed E-state index contributed by atoms with van der Waals surface area (Å²) in [7, 11) is 2.07. The zero-order chi connectivity index (χ0) is 27.2. The number of aryl methyl sites for hydroxylation is 1. The van der Waals surface area contributed by atoms with Crippen molar-refractivity contribution in [2.45, 2.75) is 71.1 Å². The van der Waals surface area contributed by atoms with Gasteiger partial charge in [-0.1, -0.05) is 33.6 Å². The van der Waals surface area contributed by atoms with Crippen molar-refractivity contribution < 1.29 is 18.4 Å². The molecule has 8 heteroatoms. The van der Waals surface area contributed by atoms with Gasteiger partial charge in [-0.2, -0.15) is 5.26 Å². The lowest BCUT2D eigenvalue weighted by Gasteiger charge is -2.15. The van der Waals surface area contributed by atoms with Crippen molar-refractivity contribution in [3.8, 4) is 6.07 Å². The number of halogens is 2. The number of pyridine rings is 1. The molecule has 3 aromatic rings. The molecule has 1 unspecified atom stereocenters. The Morgan fingerprint density at radius 2 is 1.86 bits per heavy atom. The highest BCUT2D eigenvalue weighted by Gasteiger charge is 2.60. The second-order valence-corrected chi connectivity index (χ2v) is 9.53. The molecular weight excluding hydrogens is 474 g/mol. The molecule has 2 aromatic heterocycles. The molecule has 1 aromatic carbocycles. The Balaban J connectivity index is 0.000000356. The summed E-state index contributed by atoms with van der Waals surface area (Å²) in [5.41, 5.74) is 3.91. The Hall–Kier alpha value is -3.60. The number of nitrogens with zero attached hydrogens (tertiary/aromatic N) is 3. The molecular formula is C29H34F2N4O2. The van der Waals surface area contributed by atoms with E-state index in [2.05, 4.69) is 48.0 Å². The largest absolute Gasteiger partial charge is 0.350 e. The Morgan fingerprint density at radius 1 is 1.19 bits per heavy atom. The van der Waals surface area contributed by atoms with Gasteiger partial charge in [0, 0.05) is 48.9 Å².